The Hall–Kier alpha value is -3.04. The van der Waals surface area contributed by atoms with Gasteiger partial charge >= 0.3 is 10.0 Å². The van der Waals surface area contributed by atoms with Gasteiger partial charge in [0.25, 0.3) is 5.91 Å². The summed E-state index contributed by atoms with van der Waals surface area (Å²) < 4.78 is 40.1. The number of H-pyrrole nitrogens is 1. The predicted molar refractivity (Wildman–Crippen MR) is 104 cm³/mol. The van der Waals surface area contributed by atoms with Crippen LogP contribution in [0.5, 0.6) is 0 Å². The summed E-state index contributed by atoms with van der Waals surface area (Å²) in [6, 6.07) is 14.7. The number of halogens is 1. The summed E-state index contributed by atoms with van der Waals surface area (Å²) in [5, 5.41) is 6.74. The van der Waals surface area contributed by atoms with Crippen LogP contribution in [0.1, 0.15) is 22.4 Å². The van der Waals surface area contributed by atoms with Gasteiger partial charge in [-0.05, 0) is 17.2 Å². The maximum absolute atomic E-state index is 13.9. The number of rotatable bonds is 6. The van der Waals surface area contributed by atoms with Crippen molar-refractivity contribution in [1.29, 1.82) is 0 Å². The quantitative estimate of drug-likeness (QED) is 0.604. The fourth-order valence-corrected chi connectivity index (χ4v) is 5.30. The number of aromatic amines is 1. The van der Waals surface area contributed by atoms with Crippen LogP contribution in [0.25, 0.3) is 0 Å². The van der Waals surface area contributed by atoms with Crippen LogP contribution in [0.4, 0.5) is 4.39 Å². The third-order valence-electron chi connectivity index (χ3n) is 5.01. The number of amides is 1. The third-order valence-corrected chi connectivity index (χ3v) is 7.12. The van der Waals surface area contributed by atoms with Crippen molar-refractivity contribution in [1.82, 2.24) is 15.6 Å². The summed E-state index contributed by atoms with van der Waals surface area (Å²) in [7, 11) is -3.85. The second-order valence-electron chi connectivity index (χ2n) is 7.09. The molecule has 9 heteroatoms. The van der Waals surface area contributed by atoms with E-state index in [0.29, 0.717) is 11.3 Å². The van der Waals surface area contributed by atoms with Gasteiger partial charge in [0.2, 0.25) is 0 Å². The van der Waals surface area contributed by atoms with Gasteiger partial charge < -0.3 is 0 Å². The molecule has 1 aromatic heterocycles. The van der Waals surface area contributed by atoms with Crippen molar-refractivity contribution in [3.63, 3.8) is 0 Å². The number of hydrogen-bond acceptors (Lipinski definition) is 4. The minimum Gasteiger partial charge on any atom is -0.276 e. The van der Waals surface area contributed by atoms with Gasteiger partial charge in [-0.3, -0.25) is 9.89 Å². The SMILES string of the molecule is O=C(Cc1ccccc1F)N[N+]1(S(=O)(=O)Cc2ccccc2)Cc2cn[nH]c2C1. The number of hydrogen-bond donors (Lipinski definition) is 2. The van der Waals surface area contributed by atoms with Crippen LogP contribution in [0.15, 0.2) is 60.8 Å². The molecular formula is C20H20FN4O3S+. The largest absolute Gasteiger partial charge is 0.324 e. The molecule has 0 aliphatic carbocycles. The summed E-state index contributed by atoms with van der Waals surface area (Å²) >= 11 is 0. The Morgan fingerprint density at radius 3 is 2.55 bits per heavy atom. The molecule has 150 valence electrons. The molecule has 3 aromatic rings. The number of aromatic nitrogens is 2. The van der Waals surface area contributed by atoms with Crippen molar-refractivity contribution < 1.29 is 21.6 Å². The summed E-state index contributed by atoms with van der Waals surface area (Å²) in [5.74, 6) is -1.30. The van der Waals surface area contributed by atoms with Gasteiger partial charge in [-0.1, -0.05) is 48.5 Å². The molecule has 7 nitrogen and oxygen atoms in total. The van der Waals surface area contributed by atoms with E-state index in [2.05, 4.69) is 15.6 Å². The molecule has 2 N–H and O–H groups in total. The smallest absolute Gasteiger partial charge is 0.276 e. The molecule has 0 saturated carbocycles. The Morgan fingerprint density at radius 1 is 1.10 bits per heavy atom. The van der Waals surface area contributed by atoms with Gasteiger partial charge in [-0.2, -0.15) is 18.9 Å². The molecule has 1 aliphatic rings. The van der Waals surface area contributed by atoms with E-state index in [1.165, 1.54) is 18.2 Å². The minimum absolute atomic E-state index is 0.0352. The lowest BCUT2D eigenvalue weighted by Gasteiger charge is -2.31. The van der Waals surface area contributed by atoms with Gasteiger partial charge in [0.1, 0.15) is 23.8 Å². The van der Waals surface area contributed by atoms with E-state index in [-0.39, 0.29) is 30.8 Å². The highest BCUT2D eigenvalue weighted by Gasteiger charge is 2.50. The first kappa shape index (κ1) is 19.3. The van der Waals surface area contributed by atoms with E-state index >= 15 is 0 Å². The van der Waals surface area contributed by atoms with Crippen LogP contribution >= 0.6 is 0 Å². The number of carbonyl (C=O) groups excluding carboxylic acids is 1. The van der Waals surface area contributed by atoms with Crippen molar-refractivity contribution >= 4 is 15.9 Å². The summed E-state index contributed by atoms with van der Waals surface area (Å²) in [6.07, 6.45) is 1.32. The van der Waals surface area contributed by atoms with E-state index in [0.717, 1.165) is 5.56 Å². The Bertz CT molecular complexity index is 1120. The number of fused-ring (bicyclic) bond motifs is 1. The Kier molecular flexibility index (Phi) is 4.93. The van der Waals surface area contributed by atoms with Crippen LogP contribution < -0.4 is 5.43 Å². The van der Waals surface area contributed by atoms with Crippen LogP contribution in [0.3, 0.4) is 0 Å². The molecule has 1 amide bonds. The van der Waals surface area contributed by atoms with Gasteiger partial charge in [-0.15, -0.1) is 4.00 Å². The number of quaternary nitrogens is 1. The zero-order valence-electron chi connectivity index (χ0n) is 15.5. The maximum atomic E-state index is 13.9. The zero-order valence-corrected chi connectivity index (χ0v) is 16.3. The fraction of sp³-hybridized carbons (Fsp3) is 0.200. The first-order valence-electron chi connectivity index (χ1n) is 9.08. The molecule has 0 bridgehead atoms. The summed E-state index contributed by atoms with van der Waals surface area (Å²) in [4.78, 5) is 12.7. The molecule has 0 radical (unpaired) electrons. The standard InChI is InChI=1S/C20H19FN4O3S/c21-18-9-5-4-8-16(18)10-20(26)24-25(12-17-11-22-23-19(17)13-25)29(27,28)14-15-6-2-1-3-7-15/h1-9,11H,10,12-14H2,(H-,22,23,24,26)/p+1. The third kappa shape index (κ3) is 3.79. The number of carbonyl (C=O) groups is 1. The van der Waals surface area contributed by atoms with Gasteiger partial charge in [0.05, 0.1) is 18.2 Å². The lowest BCUT2D eigenvalue weighted by molar-refractivity contribution is -0.863. The molecule has 4 rings (SSSR count). The monoisotopic (exact) mass is 415 g/mol. The van der Waals surface area contributed by atoms with Crippen LogP contribution in [0.2, 0.25) is 0 Å². The van der Waals surface area contributed by atoms with Crippen molar-refractivity contribution in [2.45, 2.75) is 25.3 Å². The highest BCUT2D eigenvalue weighted by atomic mass is 32.2. The van der Waals surface area contributed by atoms with Gasteiger partial charge in [0.15, 0.2) is 6.54 Å². The van der Waals surface area contributed by atoms with Crippen LogP contribution in [-0.2, 0) is 40.1 Å². The van der Waals surface area contributed by atoms with Crippen molar-refractivity contribution in [3.05, 3.63) is 89.0 Å². The Labute approximate surface area is 167 Å². The molecule has 0 fully saturated rings. The van der Waals surface area contributed by atoms with Crippen LogP contribution in [-0.4, -0.2) is 28.5 Å². The van der Waals surface area contributed by atoms with E-state index in [1.54, 1.807) is 36.5 Å². The molecule has 29 heavy (non-hydrogen) atoms. The summed E-state index contributed by atoms with van der Waals surface area (Å²) in [6.45, 7) is 0.0948. The highest BCUT2D eigenvalue weighted by Crippen LogP contribution is 2.32. The molecule has 1 atom stereocenters. The normalized spacial score (nSPS) is 18.4. The molecule has 1 aliphatic heterocycles. The fourth-order valence-electron chi connectivity index (χ4n) is 3.53. The molecule has 0 saturated heterocycles. The second-order valence-corrected chi connectivity index (χ2v) is 9.25. The average molecular weight is 415 g/mol. The molecule has 0 spiro atoms. The molecule has 1 unspecified atom stereocenters. The number of sulfonamides is 1. The second kappa shape index (κ2) is 7.41. The van der Waals surface area contributed by atoms with Gasteiger partial charge in [-0.25, -0.2) is 4.39 Å². The van der Waals surface area contributed by atoms with E-state index in [9.17, 15) is 17.6 Å². The highest BCUT2D eigenvalue weighted by molar-refractivity contribution is 7.85. The number of nitrogens with one attached hydrogen (secondary N) is 2. The lowest BCUT2D eigenvalue weighted by atomic mass is 10.1. The minimum atomic E-state index is -3.85. The first-order chi connectivity index (χ1) is 13.9. The van der Waals surface area contributed by atoms with E-state index in [4.69, 9.17) is 0 Å². The first-order valence-corrected chi connectivity index (χ1v) is 10.7. The zero-order chi connectivity index (χ0) is 20.5. The summed E-state index contributed by atoms with van der Waals surface area (Å²) in [5.41, 5.74) is 4.89. The van der Waals surface area contributed by atoms with Crippen molar-refractivity contribution in [2.75, 3.05) is 0 Å². The Balaban J connectivity index is 1.62. The van der Waals surface area contributed by atoms with E-state index < -0.39 is 25.7 Å². The topological polar surface area (TPSA) is 91.9 Å². The van der Waals surface area contributed by atoms with Crippen molar-refractivity contribution in [3.8, 4) is 0 Å². The molecule has 2 heterocycles. The lowest BCUT2D eigenvalue weighted by Crippen LogP contribution is -2.60. The Morgan fingerprint density at radius 2 is 1.83 bits per heavy atom. The maximum Gasteiger partial charge on any atom is 0.324 e. The van der Waals surface area contributed by atoms with Crippen molar-refractivity contribution in [2.24, 2.45) is 0 Å². The number of benzene rings is 2. The average Bonchev–Trinajstić information content (AvgIpc) is 3.24. The molecular weight excluding hydrogens is 395 g/mol. The van der Waals surface area contributed by atoms with E-state index in [1.807, 2.05) is 6.07 Å². The number of nitrogens with zero attached hydrogens (tertiary/aromatic N) is 2. The predicted octanol–water partition coefficient (Wildman–Crippen LogP) is 2.18. The van der Waals surface area contributed by atoms with Gasteiger partial charge in [0, 0.05) is 0 Å². The van der Waals surface area contributed by atoms with Crippen LogP contribution in [0, 0.1) is 5.82 Å². The molecule has 2 aromatic carbocycles.